The van der Waals surface area contributed by atoms with Crippen molar-refractivity contribution in [2.24, 2.45) is 0 Å². The maximum Gasteiger partial charge on any atom is 0.275 e. The number of hydrazine groups is 1. The summed E-state index contributed by atoms with van der Waals surface area (Å²) in [5, 5.41) is 3.83. The van der Waals surface area contributed by atoms with Crippen molar-refractivity contribution in [1.82, 2.24) is 16.0 Å². The molecule has 0 atom stereocenters. The zero-order valence-electron chi connectivity index (χ0n) is 15.9. The zero-order chi connectivity index (χ0) is 19.3. The van der Waals surface area contributed by atoms with Crippen LogP contribution in [0.3, 0.4) is 0 Å². The summed E-state index contributed by atoms with van der Waals surface area (Å²) in [6.45, 7) is 11.5. The van der Waals surface area contributed by atoms with Gasteiger partial charge < -0.3 is 9.42 Å². The van der Waals surface area contributed by atoms with E-state index in [1.807, 2.05) is 26.0 Å². The molecule has 2 rings (SSSR count). The quantitative estimate of drug-likeness (QED) is 0.775. The van der Waals surface area contributed by atoms with Gasteiger partial charge in [0.1, 0.15) is 5.56 Å². The molecular weight excluding hydrogens is 332 g/mol. The molecule has 7 nitrogen and oxygen atoms in total. The summed E-state index contributed by atoms with van der Waals surface area (Å²) >= 11 is 0. The molecule has 0 spiro atoms. The standard InChI is InChI=1S/C19H26N4O3/c1-6-23(7-2)15-10-8-14(9-11-15)18(24)20-21-19(25)16-13(5)22-26-17(16)12(3)4/h8-12H,6-7H2,1-5H3,(H,20,24)(H,21,25). The Kier molecular flexibility index (Phi) is 6.38. The van der Waals surface area contributed by atoms with Gasteiger partial charge in [0.15, 0.2) is 5.76 Å². The van der Waals surface area contributed by atoms with Gasteiger partial charge in [0.25, 0.3) is 11.8 Å². The molecule has 1 aromatic heterocycles. The zero-order valence-corrected chi connectivity index (χ0v) is 15.9. The molecule has 0 saturated heterocycles. The summed E-state index contributed by atoms with van der Waals surface area (Å²) in [6, 6.07) is 7.26. The van der Waals surface area contributed by atoms with Gasteiger partial charge in [-0.05, 0) is 45.0 Å². The van der Waals surface area contributed by atoms with Gasteiger partial charge in [-0.15, -0.1) is 0 Å². The number of aryl methyl sites for hydroxylation is 1. The Balaban J connectivity index is 2.02. The summed E-state index contributed by atoms with van der Waals surface area (Å²) in [7, 11) is 0. The van der Waals surface area contributed by atoms with Crippen LogP contribution in [0.5, 0.6) is 0 Å². The molecule has 1 aromatic carbocycles. The average Bonchev–Trinajstić information content (AvgIpc) is 3.03. The Labute approximate surface area is 153 Å². The predicted octanol–water partition coefficient (Wildman–Crippen LogP) is 3.03. The lowest BCUT2D eigenvalue weighted by Crippen LogP contribution is -2.42. The molecule has 0 aliphatic heterocycles. The van der Waals surface area contributed by atoms with Gasteiger partial charge in [0.2, 0.25) is 0 Å². The van der Waals surface area contributed by atoms with Crippen LogP contribution in [0.2, 0.25) is 0 Å². The number of benzene rings is 1. The molecule has 2 amide bonds. The van der Waals surface area contributed by atoms with Crippen LogP contribution >= 0.6 is 0 Å². The van der Waals surface area contributed by atoms with Gasteiger partial charge in [-0.25, -0.2) is 0 Å². The fraction of sp³-hybridized carbons (Fsp3) is 0.421. The highest BCUT2D eigenvalue weighted by Crippen LogP contribution is 2.21. The minimum Gasteiger partial charge on any atom is -0.372 e. The minimum absolute atomic E-state index is 0.0141. The van der Waals surface area contributed by atoms with E-state index in [0.717, 1.165) is 18.8 Å². The van der Waals surface area contributed by atoms with Crippen molar-refractivity contribution in [3.63, 3.8) is 0 Å². The SMILES string of the molecule is CCN(CC)c1ccc(C(=O)NNC(=O)c2c(C)noc2C(C)C)cc1. The second kappa shape index (κ2) is 8.51. The highest BCUT2D eigenvalue weighted by molar-refractivity contribution is 6.00. The van der Waals surface area contributed by atoms with E-state index in [9.17, 15) is 9.59 Å². The number of nitrogens with one attached hydrogen (secondary N) is 2. The first-order valence-electron chi connectivity index (χ1n) is 8.80. The summed E-state index contributed by atoms with van der Waals surface area (Å²) < 4.78 is 5.20. The molecule has 0 radical (unpaired) electrons. The van der Waals surface area contributed by atoms with E-state index >= 15 is 0 Å². The van der Waals surface area contributed by atoms with Gasteiger partial charge >= 0.3 is 0 Å². The largest absolute Gasteiger partial charge is 0.372 e. The smallest absolute Gasteiger partial charge is 0.275 e. The summed E-state index contributed by atoms with van der Waals surface area (Å²) in [4.78, 5) is 26.8. The normalized spacial score (nSPS) is 10.7. The van der Waals surface area contributed by atoms with Crippen LogP contribution in [0.4, 0.5) is 5.69 Å². The van der Waals surface area contributed by atoms with Crippen molar-refractivity contribution in [2.75, 3.05) is 18.0 Å². The van der Waals surface area contributed by atoms with Gasteiger partial charge in [-0.1, -0.05) is 19.0 Å². The molecule has 2 aromatic rings. The van der Waals surface area contributed by atoms with E-state index in [-0.39, 0.29) is 11.8 Å². The predicted molar refractivity (Wildman–Crippen MR) is 100 cm³/mol. The molecule has 0 bridgehead atoms. The van der Waals surface area contributed by atoms with Crippen molar-refractivity contribution < 1.29 is 14.1 Å². The van der Waals surface area contributed by atoms with Crippen molar-refractivity contribution in [1.29, 1.82) is 0 Å². The topological polar surface area (TPSA) is 87.5 Å². The molecule has 2 N–H and O–H groups in total. The molecule has 0 fully saturated rings. The van der Waals surface area contributed by atoms with Gasteiger partial charge in [0.05, 0.1) is 5.69 Å². The number of amides is 2. The average molecular weight is 358 g/mol. The molecule has 0 unspecified atom stereocenters. The number of hydrogen-bond acceptors (Lipinski definition) is 5. The van der Waals surface area contributed by atoms with Crippen molar-refractivity contribution >= 4 is 17.5 Å². The first-order chi connectivity index (χ1) is 12.4. The number of aromatic nitrogens is 1. The highest BCUT2D eigenvalue weighted by Gasteiger charge is 2.23. The highest BCUT2D eigenvalue weighted by atomic mass is 16.5. The summed E-state index contributed by atoms with van der Waals surface area (Å²) in [5.41, 5.74) is 7.23. The van der Waals surface area contributed by atoms with E-state index < -0.39 is 5.91 Å². The number of hydrogen-bond donors (Lipinski definition) is 2. The second-order valence-corrected chi connectivity index (χ2v) is 6.29. The first kappa shape index (κ1) is 19.5. The molecule has 26 heavy (non-hydrogen) atoms. The Morgan fingerprint density at radius 3 is 2.19 bits per heavy atom. The maximum absolute atomic E-state index is 12.4. The van der Waals surface area contributed by atoms with Crippen LogP contribution in [0.25, 0.3) is 0 Å². The van der Waals surface area contributed by atoms with Crippen molar-refractivity contribution in [2.45, 2.75) is 40.5 Å². The molecule has 0 aliphatic rings. The summed E-state index contributed by atoms with van der Waals surface area (Å²) in [6.07, 6.45) is 0. The van der Waals surface area contributed by atoms with E-state index in [2.05, 4.69) is 34.8 Å². The van der Waals surface area contributed by atoms with Crippen LogP contribution < -0.4 is 15.8 Å². The van der Waals surface area contributed by atoms with E-state index in [4.69, 9.17) is 4.52 Å². The number of rotatable bonds is 6. The fourth-order valence-electron chi connectivity index (χ4n) is 2.72. The Hall–Kier alpha value is -2.83. The Morgan fingerprint density at radius 2 is 1.65 bits per heavy atom. The van der Waals surface area contributed by atoms with E-state index in [1.54, 1.807) is 19.1 Å². The first-order valence-corrected chi connectivity index (χ1v) is 8.80. The summed E-state index contributed by atoms with van der Waals surface area (Å²) in [5.74, 6) is -0.316. The van der Waals surface area contributed by atoms with Crippen LogP contribution in [0, 0.1) is 6.92 Å². The van der Waals surface area contributed by atoms with E-state index in [1.165, 1.54) is 0 Å². The number of nitrogens with zero attached hydrogens (tertiary/aromatic N) is 2. The van der Waals surface area contributed by atoms with Crippen LogP contribution in [-0.4, -0.2) is 30.1 Å². The van der Waals surface area contributed by atoms with Crippen LogP contribution in [0.1, 0.15) is 65.8 Å². The van der Waals surface area contributed by atoms with Crippen molar-refractivity contribution in [3.05, 3.63) is 46.8 Å². The molecule has 1 heterocycles. The van der Waals surface area contributed by atoms with Gasteiger partial charge in [0, 0.05) is 30.3 Å². The van der Waals surface area contributed by atoms with Crippen LogP contribution in [-0.2, 0) is 0 Å². The fourth-order valence-corrected chi connectivity index (χ4v) is 2.72. The third kappa shape index (κ3) is 4.22. The van der Waals surface area contributed by atoms with Crippen molar-refractivity contribution in [3.8, 4) is 0 Å². The number of anilines is 1. The lowest BCUT2D eigenvalue weighted by Gasteiger charge is -2.21. The second-order valence-electron chi connectivity index (χ2n) is 6.29. The van der Waals surface area contributed by atoms with Gasteiger partial charge in [-0.3, -0.25) is 20.4 Å². The maximum atomic E-state index is 12.4. The molecule has 0 aliphatic carbocycles. The Morgan fingerprint density at radius 1 is 1.08 bits per heavy atom. The van der Waals surface area contributed by atoms with Gasteiger partial charge in [-0.2, -0.15) is 0 Å². The molecular formula is C19H26N4O3. The monoisotopic (exact) mass is 358 g/mol. The third-order valence-corrected chi connectivity index (χ3v) is 4.19. The lowest BCUT2D eigenvalue weighted by molar-refractivity contribution is 0.0845. The van der Waals surface area contributed by atoms with E-state index in [0.29, 0.717) is 22.6 Å². The Bertz CT molecular complexity index is 762. The number of carbonyl (C=O) groups excluding carboxylic acids is 2. The molecule has 0 saturated carbocycles. The third-order valence-electron chi connectivity index (χ3n) is 4.19. The molecule has 140 valence electrons. The lowest BCUT2D eigenvalue weighted by atomic mass is 10.0. The van der Waals surface area contributed by atoms with Crippen LogP contribution in [0.15, 0.2) is 28.8 Å². The minimum atomic E-state index is -0.444. The molecule has 7 heteroatoms. The number of carbonyl (C=O) groups is 2.